The van der Waals surface area contributed by atoms with Gasteiger partial charge in [-0.05, 0) is 37.1 Å². The molecular weight excluding hydrogens is 398 g/mol. The third-order valence-electron chi connectivity index (χ3n) is 3.52. The molecule has 0 radical (unpaired) electrons. The van der Waals surface area contributed by atoms with Crippen LogP contribution in [-0.4, -0.2) is 43.9 Å². The zero-order valence-electron chi connectivity index (χ0n) is 13.1. The summed E-state index contributed by atoms with van der Waals surface area (Å²) in [5.74, 6) is -1.13. The SMILES string of the molecule is C[C@@H](OC(=O)/C=C/c1ccc(Br)cc1)C(=O)N[C@@H]1CCS(=O)(=O)C1. The maximum atomic E-state index is 11.9. The van der Waals surface area contributed by atoms with Gasteiger partial charge in [0, 0.05) is 16.6 Å². The fourth-order valence-electron chi connectivity index (χ4n) is 2.23. The zero-order chi connectivity index (χ0) is 17.7. The Hall–Kier alpha value is -1.67. The molecule has 2 rings (SSSR count). The van der Waals surface area contributed by atoms with Crippen LogP contribution in [0.1, 0.15) is 18.9 Å². The van der Waals surface area contributed by atoms with Crippen molar-refractivity contribution in [3.63, 3.8) is 0 Å². The first-order valence-electron chi connectivity index (χ1n) is 7.40. The molecule has 6 nitrogen and oxygen atoms in total. The van der Waals surface area contributed by atoms with Gasteiger partial charge in [0.05, 0.1) is 11.5 Å². The van der Waals surface area contributed by atoms with Gasteiger partial charge in [0.2, 0.25) is 0 Å². The number of benzene rings is 1. The molecule has 1 heterocycles. The highest BCUT2D eigenvalue weighted by molar-refractivity contribution is 9.10. The minimum Gasteiger partial charge on any atom is -0.449 e. The normalized spacial score (nSPS) is 20.7. The molecule has 0 saturated carbocycles. The van der Waals surface area contributed by atoms with Crippen molar-refractivity contribution in [2.75, 3.05) is 11.5 Å². The van der Waals surface area contributed by atoms with E-state index in [1.54, 1.807) is 6.08 Å². The molecule has 1 aromatic carbocycles. The molecule has 0 bridgehead atoms. The van der Waals surface area contributed by atoms with E-state index < -0.39 is 33.9 Å². The topological polar surface area (TPSA) is 89.5 Å². The third kappa shape index (κ3) is 5.76. The highest BCUT2D eigenvalue weighted by Gasteiger charge is 2.30. The Morgan fingerprint density at radius 2 is 2.00 bits per heavy atom. The van der Waals surface area contributed by atoms with E-state index in [1.165, 1.54) is 13.0 Å². The molecule has 0 spiro atoms. The first-order valence-corrected chi connectivity index (χ1v) is 10.0. The number of ether oxygens (including phenoxy) is 1. The molecular formula is C16H18BrNO5S. The number of esters is 1. The summed E-state index contributed by atoms with van der Waals surface area (Å²) >= 11 is 3.32. The summed E-state index contributed by atoms with van der Waals surface area (Å²) in [6, 6.07) is 6.92. The second-order valence-corrected chi connectivity index (χ2v) is 8.72. The van der Waals surface area contributed by atoms with E-state index in [1.807, 2.05) is 24.3 Å². The van der Waals surface area contributed by atoms with Crippen LogP contribution in [0.25, 0.3) is 6.08 Å². The number of rotatable bonds is 5. The lowest BCUT2D eigenvalue weighted by atomic mass is 10.2. The number of sulfone groups is 1. The summed E-state index contributed by atoms with van der Waals surface area (Å²) in [6.07, 6.45) is 2.23. The van der Waals surface area contributed by atoms with Crippen LogP contribution in [0, 0.1) is 0 Å². The van der Waals surface area contributed by atoms with Crippen LogP contribution in [-0.2, 0) is 24.2 Å². The number of halogens is 1. The van der Waals surface area contributed by atoms with Crippen molar-refractivity contribution in [2.45, 2.75) is 25.5 Å². The largest absolute Gasteiger partial charge is 0.449 e. The van der Waals surface area contributed by atoms with E-state index in [4.69, 9.17) is 4.74 Å². The number of carbonyl (C=O) groups is 2. The highest BCUT2D eigenvalue weighted by Crippen LogP contribution is 2.13. The molecule has 1 aromatic rings. The van der Waals surface area contributed by atoms with Crippen LogP contribution in [0.5, 0.6) is 0 Å². The summed E-state index contributed by atoms with van der Waals surface area (Å²) < 4.78 is 28.7. The molecule has 130 valence electrons. The third-order valence-corrected chi connectivity index (χ3v) is 5.82. The summed E-state index contributed by atoms with van der Waals surface area (Å²) in [5.41, 5.74) is 0.823. The van der Waals surface area contributed by atoms with Crippen molar-refractivity contribution in [1.29, 1.82) is 0 Å². The van der Waals surface area contributed by atoms with Gasteiger partial charge in [0.25, 0.3) is 5.91 Å². The first kappa shape index (κ1) is 18.7. The molecule has 1 N–H and O–H groups in total. The van der Waals surface area contributed by atoms with Gasteiger partial charge in [0.15, 0.2) is 15.9 Å². The number of amides is 1. The Morgan fingerprint density at radius 3 is 2.58 bits per heavy atom. The Morgan fingerprint density at radius 1 is 1.33 bits per heavy atom. The lowest BCUT2D eigenvalue weighted by Gasteiger charge is -2.15. The second-order valence-electron chi connectivity index (χ2n) is 5.57. The van der Waals surface area contributed by atoms with E-state index in [2.05, 4.69) is 21.2 Å². The van der Waals surface area contributed by atoms with E-state index in [-0.39, 0.29) is 11.5 Å². The fraction of sp³-hybridized carbons (Fsp3) is 0.375. The van der Waals surface area contributed by atoms with Gasteiger partial charge in [-0.1, -0.05) is 28.1 Å². The fourth-order valence-corrected chi connectivity index (χ4v) is 4.17. The van der Waals surface area contributed by atoms with Crippen LogP contribution >= 0.6 is 15.9 Å². The van der Waals surface area contributed by atoms with Gasteiger partial charge < -0.3 is 10.1 Å². The van der Waals surface area contributed by atoms with Gasteiger partial charge in [0.1, 0.15) is 0 Å². The summed E-state index contributed by atoms with van der Waals surface area (Å²) in [4.78, 5) is 23.7. The quantitative estimate of drug-likeness (QED) is 0.583. The van der Waals surface area contributed by atoms with Crippen molar-refractivity contribution in [3.8, 4) is 0 Å². The van der Waals surface area contributed by atoms with Crippen molar-refractivity contribution >= 4 is 43.7 Å². The lowest BCUT2D eigenvalue weighted by molar-refractivity contribution is -0.150. The molecule has 8 heteroatoms. The predicted octanol–water partition coefficient (Wildman–Crippen LogP) is 1.70. The van der Waals surface area contributed by atoms with Crippen LogP contribution in [0.4, 0.5) is 0 Å². The van der Waals surface area contributed by atoms with E-state index in [0.29, 0.717) is 6.42 Å². The Labute approximate surface area is 149 Å². The predicted molar refractivity (Wildman–Crippen MR) is 93.9 cm³/mol. The maximum absolute atomic E-state index is 11.9. The summed E-state index contributed by atoms with van der Waals surface area (Å²) in [6.45, 7) is 1.45. The standard InChI is InChI=1S/C16H18BrNO5S/c1-11(16(20)18-14-8-9-24(21,22)10-14)23-15(19)7-4-12-2-5-13(17)6-3-12/h2-7,11,14H,8-10H2,1H3,(H,18,20)/b7-4+/t11-,14-/m1/s1. The van der Waals surface area contributed by atoms with Crippen LogP contribution in [0.2, 0.25) is 0 Å². The summed E-state index contributed by atoms with van der Waals surface area (Å²) in [7, 11) is -3.07. The molecule has 1 aliphatic heterocycles. The first-order chi connectivity index (χ1) is 11.2. The summed E-state index contributed by atoms with van der Waals surface area (Å²) in [5, 5.41) is 2.60. The van der Waals surface area contributed by atoms with Gasteiger partial charge in [-0.2, -0.15) is 0 Å². The van der Waals surface area contributed by atoms with E-state index in [9.17, 15) is 18.0 Å². The second kappa shape index (κ2) is 7.94. The smallest absolute Gasteiger partial charge is 0.331 e. The Bertz CT molecular complexity index is 742. The molecule has 1 amide bonds. The minimum absolute atomic E-state index is 0.0666. The number of carbonyl (C=O) groups excluding carboxylic acids is 2. The molecule has 0 unspecified atom stereocenters. The number of nitrogens with one attached hydrogen (secondary N) is 1. The maximum Gasteiger partial charge on any atom is 0.331 e. The molecule has 1 fully saturated rings. The van der Waals surface area contributed by atoms with Gasteiger partial charge in [-0.15, -0.1) is 0 Å². The van der Waals surface area contributed by atoms with Crippen LogP contribution < -0.4 is 5.32 Å². The number of hydrogen-bond donors (Lipinski definition) is 1. The molecule has 1 saturated heterocycles. The van der Waals surface area contributed by atoms with E-state index >= 15 is 0 Å². The Balaban J connectivity index is 1.82. The van der Waals surface area contributed by atoms with Crippen molar-refractivity contribution < 1.29 is 22.7 Å². The van der Waals surface area contributed by atoms with Crippen molar-refractivity contribution in [2.24, 2.45) is 0 Å². The van der Waals surface area contributed by atoms with Crippen LogP contribution in [0.3, 0.4) is 0 Å². The lowest BCUT2D eigenvalue weighted by Crippen LogP contribution is -2.42. The average Bonchev–Trinajstić information content (AvgIpc) is 2.85. The van der Waals surface area contributed by atoms with Gasteiger partial charge in [-0.3, -0.25) is 4.79 Å². The van der Waals surface area contributed by atoms with E-state index in [0.717, 1.165) is 10.0 Å². The molecule has 0 aliphatic carbocycles. The van der Waals surface area contributed by atoms with Gasteiger partial charge in [-0.25, -0.2) is 13.2 Å². The number of hydrogen-bond acceptors (Lipinski definition) is 5. The van der Waals surface area contributed by atoms with Crippen molar-refractivity contribution in [3.05, 3.63) is 40.4 Å². The molecule has 2 atom stereocenters. The monoisotopic (exact) mass is 415 g/mol. The highest BCUT2D eigenvalue weighted by atomic mass is 79.9. The van der Waals surface area contributed by atoms with Crippen LogP contribution in [0.15, 0.2) is 34.8 Å². The zero-order valence-corrected chi connectivity index (χ0v) is 15.5. The molecule has 24 heavy (non-hydrogen) atoms. The minimum atomic E-state index is -3.07. The van der Waals surface area contributed by atoms with Crippen molar-refractivity contribution in [1.82, 2.24) is 5.32 Å². The molecule has 0 aromatic heterocycles. The average molecular weight is 416 g/mol. The molecule has 1 aliphatic rings. The van der Waals surface area contributed by atoms with Gasteiger partial charge >= 0.3 is 5.97 Å². The Kier molecular flexibility index (Phi) is 6.17.